The van der Waals surface area contributed by atoms with Crippen LogP contribution >= 0.6 is 23.4 Å². The predicted octanol–water partition coefficient (Wildman–Crippen LogP) is 4.21. The first-order valence-corrected chi connectivity index (χ1v) is 6.50. The van der Waals surface area contributed by atoms with Crippen molar-refractivity contribution in [3.63, 3.8) is 0 Å². The molecule has 0 aliphatic heterocycles. The van der Waals surface area contributed by atoms with Gasteiger partial charge in [-0.25, -0.2) is 4.98 Å². The Balaban J connectivity index is 1.95. The topological polar surface area (TPSA) is 52.0 Å². The van der Waals surface area contributed by atoms with E-state index in [9.17, 15) is 0 Å². The highest BCUT2D eigenvalue weighted by Crippen LogP contribution is 2.31. The number of nitrogens with two attached hydrogens (primary N) is 1. The van der Waals surface area contributed by atoms with Gasteiger partial charge in [0, 0.05) is 21.7 Å². The number of nitrogens with zero attached hydrogens (tertiary/aromatic N) is 1. The molecular formula is C13H9ClN2OS. The molecule has 0 saturated heterocycles. The van der Waals surface area contributed by atoms with Crippen LogP contribution < -0.4 is 5.73 Å². The van der Waals surface area contributed by atoms with E-state index >= 15 is 0 Å². The van der Waals surface area contributed by atoms with Gasteiger partial charge in [0.15, 0.2) is 5.58 Å². The molecule has 0 unspecified atom stereocenters. The summed E-state index contributed by atoms with van der Waals surface area (Å²) >= 11 is 7.36. The van der Waals surface area contributed by atoms with Crippen molar-refractivity contribution in [1.29, 1.82) is 0 Å². The Morgan fingerprint density at radius 2 is 2.06 bits per heavy atom. The van der Waals surface area contributed by atoms with Gasteiger partial charge in [0.25, 0.3) is 5.22 Å². The Morgan fingerprint density at radius 3 is 2.89 bits per heavy atom. The largest absolute Gasteiger partial charge is 0.431 e. The molecule has 0 spiro atoms. The van der Waals surface area contributed by atoms with E-state index in [0.717, 1.165) is 10.4 Å². The van der Waals surface area contributed by atoms with Crippen LogP contribution in [0.15, 0.2) is 57.0 Å². The van der Waals surface area contributed by atoms with Gasteiger partial charge in [-0.1, -0.05) is 17.7 Å². The maximum absolute atomic E-state index is 5.93. The van der Waals surface area contributed by atoms with E-state index in [1.54, 1.807) is 12.1 Å². The van der Waals surface area contributed by atoms with Crippen molar-refractivity contribution in [2.75, 3.05) is 5.73 Å². The first kappa shape index (κ1) is 11.4. The van der Waals surface area contributed by atoms with Crippen molar-refractivity contribution >= 4 is 40.1 Å². The first-order valence-electron chi connectivity index (χ1n) is 5.30. The minimum absolute atomic E-state index is 0.581. The smallest absolute Gasteiger partial charge is 0.261 e. The van der Waals surface area contributed by atoms with E-state index in [1.165, 1.54) is 11.8 Å². The molecule has 0 bridgehead atoms. The van der Waals surface area contributed by atoms with Crippen LogP contribution in [-0.2, 0) is 0 Å². The van der Waals surface area contributed by atoms with Gasteiger partial charge in [0.2, 0.25) is 0 Å². The number of hydrogen-bond acceptors (Lipinski definition) is 4. The molecule has 0 fully saturated rings. The van der Waals surface area contributed by atoms with Gasteiger partial charge in [-0.05, 0) is 42.1 Å². The highest BCUT2D eigenvalue weighted by atomic mass is 35.5. The summed E-state index contributed by atoms with van der Waals surface area (Å²) in [6.07, 6.45) is 0. The molecule has 0 saturated carbocycles. The zero-order valence-corrected chi connectivity index (χ0v) is 10.8. The van der Waals surface area contributed by atoms with Gasteiger partial charge in [0.05, 0.1) is 0 Å². The van der Waals surface area contributed by atoms with Gasteiger partial charge in [-0.2, -0.15) is 0 Å². The molecule has 0 atom stereocenters. The summed E-state index contributed by atoms with van der Waals surface area (Å²) in [4.78, 5) is 5.36. The molecule has 0 aliphatic carbocycles. The number of rotatable bonds is 2. The van der Waals surface area contributed by atoms with Crippen molar-refractivity contribution in [2.45, 2.75) is 10.1 Å². The second-order valence-electron chi connectivity index (χ2n) is 3.77. The van der Waals surface area contributed by atoms with Crippen LogP contribution in [0.1, 0.15) is 0 Å². The highest BCUT2D eigenvalue weighted by Gasteiger charge is 2.07. The Bertz CT molecular complexity index is 711. The molecule has 5 heteroatoms. The van der Waals surface area contributed by atoms with Crippen molar-refractivity contribution in [1.82, 2.24) is 4.98 Å². The molecule has 2 aromatic carbocycles. The van der Waals surface area contributed by atoms with Gasteiger partial charge in [-0.3, -0.25) is 0 Å². The summed E-state index contributed by atoms with van der Waals surface area (Å²) in [5.41, 5.74) is 7.85. The van der Waals surface area contributed by atoms with Gasteiger partial charge >= 0.3 is 0 Å². The molecule has 3 nitrogen and oxygen atoms in total. The number of fused-ring (bicyclic) bond motifs is 1. The van der Waals surface area contributed by atoms with E-state index in [0.29, 0.717) is 21.5 Å². The van der Waals surface area contributed by atoms with Crippen LogP contribution in [0.25, 0.3) is 11.1 Å². The van der Waals surface area contributed by atoms with Gasteiger partial charge in [0.1, 0.15) is 5.52 Å². The van der Waals surface area contributed by atoms with E-state index in [-0.39, 0.29) is 0 Å². The quantitative estimate of drug-likeness (QED) is 0.712. The summed E-state index contributed by atoms with van der Waals surface area (Å²) in [5.74, 6) is 0. The van der Waals surface area contributed by atoms with Crippen LogP contribution in [0.4, 0.5) is 5.69 Å². The summed E-state index contributed by atoms with van der Waals surface area (Å²) in [5, 5.41) is 1.28. The van der Waals surface area contributed by atoms with E-state index in [1.807, 2.05) is 30.3 Å². The minimum Gasteiger partial charge on any atom is -0.431 e. The molecule has 3 aromatic rings. The van der Waals surface area contributed by atoms with Crippen LogP contribution in [-0.4, -0.2) is 4.98 Å². The number of benzene rings is 2. The highest BCUT2D eigenvalue weighted by molar-refractivity contribution is 7.99. The number of aromatic nitrogens is 1. The number of hydrogen-bond donors (Lipinski definition) is 1. The van der Waals surface area contributed by atoms with Crippen molar-refractivity contribution in [3.05, 3.63) is 47.5 Å². The Morgan fingerprint density at radius 1 is 1.17 bits per heavy atom. The zero-order chi connectivity index (χ0) is 12.5. The van der Waals surface area contributed by atoms with E-state index in [2.05, 4.69) is 4.98 Å². The third-order valence-corrected chi connectivity index (χ3v) is 3.47. The average Bonchev–Trinajstić information content (AvgIpc) is 2.70. The molecule has 0 amide bonds. The number of oxazole rings is 1. The summed E-state index contributed by atoms with van der Waals surface area (Å²) < 4.78 is 5.62. The van der Waals surface area contributed by atoms with E-state index in [4.69, 9.17) is 21.8 Å². The maximum Gasteiger partial charge on any atom is 0.261 e. The Hall–Kier alpha value is -1.65. The third kappa shape index (κ3) is 2.30. The lowest BCUT2D eigenvalue weighted by Gasteiger charge is -1.96. The number of halogens is 1. The molecule has 3 rings (SSSR count). The lowest BCUT2D eigenvalue weighted by molar-refractivity contribution is 0.489. The SMILES string of the molecule is Nc1ccc2nc(Sc3cccc(Cl)c3)oc2c1. The van der Waals surface area contributed by atoms with Crippen molar-refractivity contribution < 1.29 is 4.42 Å². The average molecular weight is 277 g/mol. The second-order valence-corrected chi connectivity index (χ2v) is 5.23. The standard InChI is InChI=1S/C13H9ClN2OS/c14-8-2-1-3-10(6-8)18-13-16-11-5-4-9(15)7-12(11)17-13/h1-7H,15H2. The van der Waals surface area contributed by atoms with Gasteiger partial charge in [-0.15, -0.1) is 0 Å². The fourth-order valence-electron chi connectivity index (χ4n) is 1.60. The van der Waals surface area contributed by atoms with Crippen LogP contribution in [0.5, 0.6) is 0 Å². The summed E-state index contributed by atoms with van der Waals surface area (Å²) in [6.45, 7) is 0. The Labute approximate surface area is 113 Å². The molecular weight excluding hydrogens is 268 g/mol. The number of anilines is 1. The third-order valence-electron chi connectivity index (χ3n) is 2.39. The molecule has 90 valence electrons. The Kier molecular flexibility index (Phi) is 2.89. The summed E-state index contributed by atoms with van der Waals surface area (Å²) in [7, 11) is 0. The fraction of sp³-hybridized carbons (Fsp3) is 0. The van der Waals surface area contributed by atoms with E-state index < -0.39 is 0 Å². The van der Waals surface area contributed by atoms with Crippen LogP contribution in [0, 0.1) is 0 Å². The normalized spacial score (nSPS) is 10.9. The molecule has 1 heterocycles. The first-order chi connectivity index (χ1) is 8.70. The van der Waals surface area contributed by atoms with Crippen molar-refractivity contribution in [2.24, 2.45) is 0 Å². The fourth-order valence-corrected chi connectivity index (χ4v) is 2.66. The van der Waals surface area contributed by atoms with Crippen LogP contribution in [0.2, 0.25) is 5.02 Å². The number of nitrogen functional groups attached to an aromatic ring is 1. The minimum atomic E-state index is 0.581. The maximum atomic E-state index is 5.93. The lowest BCUT2D eigenvalue weighted by Crippen LogP contribution is -1.81. The van der Waals surface area contributed by atoms with Crippen molar-refractivity contribution in [3.8, 4) is 0 Å². The monoisotopic (exact) mass is 276 g/mol. The second kappa shape index (κ2) is 4.55. The molecule has 0 radical (unpaired) electrons. The predicted molar refractivity (Wildman–Crippen MR) is 74.0 cm³/mol. The molecule has 2 N–H and O–H groups in total. The molecule has 18 heavy (non-hydrogen) atoms. The summed E-state index contributed by atoms with van der Waals surface area (Å²) in [6, 6.07) is 13.0. The van der Waals surface area contributed by atoms with Gasteiger partial charge < -0.3 is 10.2 Å². The molecule has 0 aliphatic rings. The van der Waals surface area contributed by atoms with Crippen LogP contribution in [0.3, 0.4) is 0 Å². The molecule has 1 aromatic heterocycles. The lowest BCUT2D eigenvalue weighted by atomic mass is 10.3. The zero-order valence-electron chi connectivity index (χ0n) is 9.26.